The van der Waals surface area contributed by atoms with Crippen molar-refractivity contribution in [1.82, 2.24) is 9.78 Å². The number of aryl methyl sites for hydroxylation is 2. The number of nitrogens with zero attached hydrogens (tertiary/aromatic N) is 2. The average molecular weight is 356 g/mol. The van der Waals surface area contributed by atoms with Gasteiger partial charge in [0.15, 0.2) is 6.23 Å². The minimum absolute atomic E-state index is 0.0112. The molecule has 2 fully saturated rings. The zero-order chi connectivity index (χ0) is 18.7. The normalized spacial score (nSPS) is 25.2. The van der Waals surface area contributed by atoms with Crippen molar-refractivity contribution >= 4 is 23.5 Å². The second-order valence-corrected chi connectivity index (χ2v) is 8.63. The summed E-state index contributed by atoms with van der Waals surface area (Å²) in [6.07, 6.45) is 3.27. The summed E-state index contributed by atoms with van der Waals surface area (Å²) in [6.45, 7) is 13.3. The Kier molecular flexibility index (Phi) is 4.21. The molecule has 1 unspecified atom stereocenters. The Labute approximate surface area is 156 Å². The lowest BCUT2D eigenvalue weighted by Crippen LogP contribution is -2.41. The zero-order valence-corrected chi connectivity index (χ0v) is 16.8. The number of benzene rings is 1. The van der Waals surface area contributed by atoms with Crippen molar-refractivity contribution in [3.8, 4) is 0 Å². The first kappa shape index (κ1) is 18.0. The van der Waals surface area contributed by atoms with E-state index in [-0.39, 0.29) is 17.4 Å². The average Bonchev–Trinajstić information content (AvgIpc) is 3.01. The van der Waals surface area contributed by atoms with Gasteiger partial charge in [-0.05, 0) is 66.4 Å². The molecule has 2 saturated heterocycles. The van der Waals surface area contributed by atoms with Gasteiger partial charge in [-0.25, -0.2) is 4.68 Å². The van der Waals surface area contributed by atoms with E-state index in [1.165, 1.54) is 6.42 Å². The smallest absolute Gasteiger partial charge is 0.399 e. The topological polar surface area (TPSA) is 45.5 Å². The number of fused-ring (bicyclic) bond motifs is 1. The van der Waals surface area contributed by atoms with Gasteiger partial charge in [-0.1, -0.05) is 12.1 Å². The summed E-state index contributed by atoms with van der Waals surface area (Å²) < 4.78 is 20.9. The van der Waals surface area contributed by atoms with E-state index in [2.05, 4.69) is 58.4 Å². The van der Waals surface area contributed by atoms with Crippen LogP contribution in [0.4, 0.5) is 0 Å². The Morgan fingerprint density at radius 2 is 1.77 bits per heavy atom. The lowest BCUT2D eigenvalue weighted by Gasteiger charge is -2.32. The molecule has 26 heavy (non-hydrogen) atoms. The summed E-state index contributed by atoms with van der Waals surface area (Å²) >= 11 is 0. The van der Waals surface area contributed by atoms with E-state index in [0.717, 1.165) is 47.1 Å². The fourth-order valence-corrected chi connectivity index (χ4v) is 3.90. The maximum absolute atomic E-state index is 6.39. The van der Waals surface area contributed by atoms with Crippen LogP contribution < -0.4 is 5.46 Å². The second-order valence-electron chi connectivity index (χ2n) is 8.63. The van der Waals surface area contributed by atoms with Gasteiger partial charge < -0.3 is 14.0 Å². The molecule has 3 heterocycles. The first-order chi connectivity index (χ1) is 12.2. The van der Waals surface area contributed by atoms with E-state index >= 15 is 0 Å². The van der Waals surface area contributed by atoms with E-state index in [9.17, 15) is 0 Å². The van der Waals surface area contributed by atoms with Gasteiger partial charge in [-0.2, -0.15) is 5.10 Å². The van der Waals surface area contributed by atoms with Crippen LogP contribution in [0.25, 0.3) is 10.9 Å². The summed E-state index contributed by atoms with van der Waals surface area (Å²) in [5.74, 6) is 0. The Morgan fingerprint density at radius 3 is 2.38 bits per heavy atom. The van der Waals surface area contributed by atoms with E-state index < -0.39 is 7.12 Å². The molecule has 0 saturated carbocycles. The molecule has 0 spiro atoms. The van der Waals surface area contributed by atoms with Gasteiger partial charge in [-0.15, -0.1) is 0 Å². The second kappa shape index (κ2) is 6.08. The Balaban J connectivity index is 1.88. The van der Waals surface area contributed by atoms with Crippen molar-refractivity contribution in [2.24, 2.45) is 0 Å². The van der Waals surface area contributed by atoms with Gasteiger partial charge in [0.2, 0.25) is 0 Å². The third kappa shape index (κ3) is 2.70. The molecule has 0 amide bonds. The predicted molar refractivity (Wildman–Crippen MR) is 104 cm³/mol. The molecule has 0 radical (unpaired) electrons. The van der Waals surface area contributed by atoms with Crippen LogP contribution in [0.15, 0.2) is 12.1 Å². The van der Waals surface area contributed by atoms with Crippen molar-refractivity contribution in [1.29, 1.82) is 0 Å². The van der Waals surface area contributed by atoms with Gasteiger partial charge >= 0.3 is 7.12 Å². The predicted octanol–water partition coefficient (Wildman–Crippen LogP) is 3.65. The number of aromatic nitrogens is 2. The van der Waals surface area contributed by atoms with E-state index in [0.29, 0.717) is 0 Å². The molecule has 2 aliphatic rings. The molecule has 0 N–H and O–H groups in total. The van der Waals surface area contributed by atoms with Crippen molar-refractivity contribution in [3.05, 3.63) is 23.4 Å². The standard InChI is InChI=1S/C20H29BN2O3/c1-13-10-11-15-14(2)22-23(16-9-7-8-12-24-16)18(15)17(13)21-25-19(3,4)20(5,6)26-21/h10-11,16H,7-9,12H2,1-6H3. The van der Waals surface area contributed by atoms with Crippen molar-refractivity contribution in [2.75, 3.05) is 6.61 Å². The van der Waals surface area contributed by atoms with E-state index in [1.54, 1.807) is 0 Å². The fourth-order valence-electron chi connectivity index (χ4n) is 3.90. The van der Waals surface area contributed by atoms with Crippen LogP contribution in [0, 0.1) is 13.8 Å². The van der Waals surface area contributed by atoms with Gasteiger partial charge in [-0.3, -0.25) is 0 Å². The number of ether oxygens (including phenoxy) is 1. The third-order valence-corrected chi connectivity index (χ3v) is 6.23. The quantitative estimate of drug-likeness (QED) is 0.771. The maximum atomic E-state index is 6.39. The molecule has 0 bridgehead atoms. The summed E-state index contributed by atoms with van der Waals surface area (Å²) in [7, 11) is -0.401. The molecule has 1 aromatic heterocycles. The van der Waals surface area contributed by atoms with Gasteiger partial charge in [0, 0.05) is 17.5 Å². The van der Waals surface area contributed by atoms with Crippen molar-refractivity contribution in [3.63, 3.8) is 0 Å². The molecule has 1 atom stereocenters. The molecule has 2 aliphatic heterocycles. The maximum Gasteiger partial charge on any atom is 0.497 e. The summed E-state index contributed by atoms with van der Waals surface area (Å²) in [6, 6.07) is 4.30. The number of hydrogen-bond acceptors (Lipinski definition) is 4. The fraction of sp³-hybridized carbons (Fsp3) is 0.650. The molecule has 6 heteroatoms. The molecular formula is C20H29BN2O3. The molecule has 140 valence electrons. The lowest BCUT2D eigenvalue weighted by atomic mass is 9.74. The highest BCUT2D eigenvalue weighted by atomic mass is 16.7. The summed E-state index contributed by atoms with van der Waals surface area (Å²) in [5.41, 5.74) is 3.62. The highest BCUT2D eigenvalue weighted by Gasteiger charge is 2.52. The SMILES string of the molecule is Cc1ccc2c(C)nn(C3CCCCO3)c2c1B1OC(C)(C)C(C)(C)O1. The summed E-state index contributed by atoms with van der Waals surface area (Å²) in [5, 5.41) is 5.99. The molecule has 2 aromatic rings. The first-order valence-electron chi connectivity index (χ1n) is 9.67. The molecule has 5 nitrogen and oxygen atoms in total. The van der Waals surface area contributed by atoms with Crippen LogP contribution in [-0.2, 0) is 14.0 Å². The minimum atomic E-state index is -0.401. The van der Waals surface area contributed by atoms with Gasteiger partial charge in [0.05, 0.1) is 22.4 Å². The van der Waals surface area contributed by atoms with Gasteiger partial charge in [0.25, 0.3) is 0 Å². The minimum Gasteiger partial charge on any atom is -0.399 e. The van der Waals surface area contributed by atoms with Crippen LogP contribution in [-0.4, -0.2) is 34.7 Å². The van der Waals surface area contributed by atoms with Crippen LogP contribution in [0.3, 0.4) is 0 Å². The van der Waals surface area contributed by atoms with E-state index in [4.69, 9.17) is 19.1 Å². The van der Waals surface area contributed by atoms with Crippen LogP contribution >= 0.6 is 0 Å². The number of rotatable bonds is 2. The monoisotopic (exact) mass is 356 g/mol. The molecular weight excluding hydrogens is 327 g/mol. The van der Waals surface area contributed by atoms with Crippen LogP contribution in [0.2, 0.25) is 0 Å². The highest BCUT2D eigenvalue weighted by Crippen LogP contribution is 2.38. The Bertz CT molecular complexity index is 821. The van der Waals surface area contributed by atoms with Crippen LogP contribution in [0.5, 0.6) is 0 Å². The Morgan fingerprint density at radius 1 is 1.08 bits per heavy atom. The van der Waals surface area contributed by atoms with Gasteiger partial charge in [0.1, 0.15) is 0 Å². The van der Waals surface area contributed by atoms with Crippen molar-refractivity contribution < 1.29 is 14.0 Å². The van der Waals surface area contributed by atoms with Crippen molar-refractivity contribution in [2.45, 2.75) is 78.2 Å². The zero-order valence-electron chi connectivity index (χ0n) is 16.8. The first-order valence-corrected chi connectivity index (χ1v) is 9.67. The largest absolute Gasteiger partial charge is 0.497 e. The summed E-state index contributed by atoms with van der Waals surface area (Å²) in [4.78, 5) is 0. The third-order valence-electron chi connectivity index (χ3n) is 6.23. The van der Waals surface area contributed by atoms with Crippen LogP contribution in [0.1, 0.15) is 64.4 Å². The molecule has 0 aliphatic carbocycles. The molecule has 4 rings (SSSR count). The lowest BCUT2D eigenvalue weighted by molar-refractivity contribution is -0.0367. The Hall–Kier alpha value is -1.37. The number of hydrogen-bond donors (Lipinski definition) is 0. The highest BCUT2D eigenvalue weighted by molar-refractivity contribution is 6.65. The molecule has 1 aromatic carbocycles. The van der Waals surface area contributed by atoms with E-state index in [1.807, 2.05) is 0 Å².